The van der Waals surface area contributed by atoms with E-state index in [2.05, 4.69) is 5.32 Å². The number of imide groups is 1. The van der Waals surface area contributed by atoms with Gasteiger partial charge in [0.1, 0.15) is 0 Å². The van der Waals surface area contributed by atoms with Crippen molar-refractivity contribution >= 4 is 18.1 Å². The molecule has 0 aliphatic carbocycles. The van der Waals surface area contributed by atoms with Gasteiger partial charge in [-0.25, -0.2) is 4.79 Å². The maximum absolute atomic E-state index is 12.2. The predicted molar refractivity (Wildman–Crippen MR) is 95.4 cm³/mol. The van der Waals surface area contributed by atoms with Gasteiger partial charge in [-0.15, -0.1) is 0 Å². The zero-order valence-electron chi connectivity index (χ0n) is 15.0. The Labute approximate surface area is 148 Å². The van der Waals surface area contributed by atoms with E-state index < -0.39 is 6.03 Å². The van der Waals surface area contributed by atoms with Crippen LogP contribution in [0.2, 0.25) is 0 Å². The highest BCUT2D eigenvalue weighted by atomic mass is 16.5. The second kappa shape index (κ2) is 11.1. The number of benzene rings is 1. The van der Waals surface area contributed by atoms with Gasteiger partial charge in [0.05, 0.1) is 25.5 Å². The maximum atomic E-state index is 12.2. The van der Waals surface area contributed by atoms with Gasteiger partial charge in [0.15, 0.2) is 11.5 Å². The summed E-state index contributed by atoms with van der Waals surface area (Å²) in [6.07, 6.45) is 1.01. The first-order valence-electron chi connectivity index (χ1n) is 8.40. The molecule has 0 aliphatic heterocycles. The lowest BCUT2D eigenvalue weighted by atomic mass is 10.2. The number of hydrogen-bond acceptors (Lipinski definition) is 6. The Morgan fingerprint density at radius 3 is 2.12 bits per heavy atom. The van der Waals surface area contributed by atoms with Crippen LogP contribution in [0.4, 0.5) is 10.5 Å². The summed E-state index contributed by atoms with van der Waals surface area (Å²) in [5, 5.41) is 2.67. The van der Waals surface area contributed by atoms with Gasteiger partial charge in [-0.1, -0.05) is 0 Å². The number of ether oxygens (including phenoxy) is 3. The number of rotatable bonds is 11. The number of nitrogens with zero attached hydrogens (tertiary/aromatic N) is 1. The summed E-state index contributed by atoms with van der Waals surface area (Å²) in [5.74, 6) is 1.41. The normalized spacial score (nSPS) is 10.1. The first kappa shape index (κ1) is 20.6. The molecule has 8 heteroatoms. The molecule has 8 nitrogen and oxygen atoms in total. The summed E-state index contributed by atoms with van der Waals surface area (Å²) in [4.78, 5) is 24.3. The van der Waals surface area contributed by atoms with Crippen molar-refractivity contribution in [3.8, 4) is 17.2 Å². The van der Waals surface area contributed by atoms with Gasteiger partial charge in [0.25, 0.3) is 0 Å². The standard InChI is InChI=1S/C17H27N3O5/c1-4-23-14-10-13(11-15(24-5-2)16(14)25-6-3)19-17(22)20(12-21)9-7-8-18/h10-12H,4-9,18H2,1-3H3,(H,19,22). The Hall–Kier alpha value is -2.48. The van der Waals surface area contributed by atoms with Crippen molar-refractivity contribution in [3.05, 3.63) is 12.1 Å². The number of nitrogens with one attached hydrogen (secondary N) is 1. The SMILES string of the molecule is CCOc1cc(NC(=O)N(C=O)CCCN)cc(OCC)c1OCC. The van der Waals surface area contributed by atoms with Gasteiger partial charge in [0, 0.05) is 18.7 Å². The van der Waals surface area contributed by atoms with Gasteiger partial charge >= 0.3 is 6.03 Å². The molecule has 0 bridgehead atoms. The molecule has 0 heterocycles. The topological polar surface area (TPSA) is 103 Å². The third-order valence-corrected chi connectivity index (χ3v) is 3.15. The quantitative estimate of drug-likeness (QED) is 0.591. The zero-order chi connectivity index (χ0) is 18.7. The molecule has 1 aromatic rings. The van der Waals surface area contributed by atoms with Gasteiger partial charge in [0.2, 0.25) is 12.2 Å². The van der Waals surface area contributed by atoms with E-state index in [-0.39, 0.29) is 6.54 Å². The summed E-state index contributed by atoms with van der Waals surface area (Å²) in [6, 6.07) is 2.74. The number of urea groups is 1. The third kappa shape index (κ3) is 6.15. The van der Waals surface area contributed by atoms with Crippen LogP contribution < -0.4 is 25.3 Å². The minimum Gasteiger partial charge on any atom is -0.490 e. The van der Waals surface area contributed by atoms with E-state index in [9.17, 15) is 9.59 Å². The van der Waals surface area contributed by atoms with E-state index in [0.29, 0.717) is 62.1 Å². The molecule has 0 unspecified atom stereocenters. The van der Waals surface area contributed by atoms with Crippen molar-refractivity contribution in [2.24, 2.45) is 5.73 Å². The molecule has 0 fully saturated rings. The number of carbonyl (C=O) groups is 2. The summed E-state index contributed by atoms with van der Waals surface area (Å²) < 4.78 is 16.8. The molecule has 1 rings (SSSR count). The molecule has 0 radical (unpaired) electrons. The number of carbonyl (C=O) groups excluding carboxylic acids is 2. The van der Waals surface area contributed by atoms with E-state index in [1.807, 2.05) is 20.8 Å². The van der Waals surface area contributed by atoms with Crippen molar-refractivity contribution in [2.45, 2.75) is 27.2 Å². The van der Waals surface area contributed by atoms with Crippen LogP contribution in [0.5, 0.6) is 17.2 Å². The molecular weight excluding hydrogens is 326 g/mol. The fourth-order valence-electron chi connectivity index (χ4n) is 2.12. The molecule has 1 aromatic carbocycles. The molecular formula is C17H27N3O5. The average molecular weight is 353 g/mol. The summed E-state index contributed by atoms with van der Waals surface area (Å²) >= 11 is 0. The molecule has 0 atom stereocenters. The predicted octanol–water partition coefficient (Wildman–Crippen LogP) is 2.22. The average Bonchev–Trinajstić information content (AvgIpc) is 2.59. The molecule has 0 saturated heterocycles. The van der Waals surface area contributed by atoms with Crippen molar-refractivity contribution < 1.29 is 23.8 Å². The highest BCUT2D eigenvalue weighted by Gasteiger charge is 2.18. The van der Waals surface area contributed by atoms with Crippen molar-refractivity contribution in [1.82, 2.24) is 4.90 Å². The second-order valence-corrected chi connectivity index (χ2v) is 4.97. The van der Waals surface area contributed by atoms with Gasteiger partial charge in [-0.3, -0.25) is 9.69 Å². The van der Waals surface area contributed by atoms with Crippen LogP contribution in [-0.4, -0.2) is 50.3 Å². The lowest BCUT2D eigenvalue weighted by molar-refractivity contribution is -0.115. The molecule has 3 amide bonds. The van der Waals surface area contributed by atoms with Crippen molar-refractivity contribution in [2.75, 3.05) is 38.2 Å². The number of hydrogen-bond donors (Lipinski definition) is 2. The number of anilines is 1. The van der Waals surface area contributed by atoms with E-state index in [4.69, 9.17) is 19.9 Å². The third-order valence-electron chi connectivity index (χ3n) is 3.15. The molecule has 3 N–H and O–H groups in total. The monoisotopic (exact) mass is 353 g/mol. The Morgan fingerprint density at radius 2 is 1.68 bits per heavy atom. The van der Waals surface area contributed by atoms with Crippen LogP contribution in [0, 0.1) is 0 Å². The Morgan fingerprint density at radius 1 is 1.12 bits per heavy atom. The molecule has 0 spiro atoms. The van der Waals surface area contributed by atoms with Crippen molar-refractivity contribution in [3.63, 3.8) is 0 Å². The fourth-order valence-corrected chi connectivity index (χ4v) is 2.12. The molecule has 0 saturated carbocycles. The fraction of sp³-hybridized carbons (Fsp3) is 0.529. The van der Waals surface area contributed by atoms with Gasteiger partial charge < -0.3 is 25.3 Å². The largest absolute Gasteiger partial charge is 0.490 e. The minimum atomic E-state index is -0.544. The van der Waals surface area contributed by atoms with E-state index in [1.165, 1.54) is 0 Å². The van der Waals surface area contributed by atoms with Crippen LogP contribution in [0.3, 0.4) is 0 Å². The van der Waals surface area contributed by atoms with Gasteiger partial charge in [-0.2, -0.15) is 0 Å². The highest BCUT2D eigenvalue weighted by molar-refractivity contribution is 5.96. The molecule has 0 aliphatic rings. The second-order valence-electron chi connectivity index (χ2n) is 4.97. The highest BCUT2D eigenvalue weighted by Crippen LogP contribution is 2.40. The van der Waals surface area contributed by atoms with Crippen LogP contribution in [-0.2, 0) is 4.79 Å². The number of nitrogens with two attached hydrogens (primary N) is 1. The van der Waals surface area contributed by atoms with Crippen molar-refractivity contribution in [1.29, 1.82) is 0 Å². The molecule has 25 heavy (non-hydrogen) atoms. The molecule has 0 aromatic heterocycles. The zero-order valence-corrected chi connectivity index (χ0v) is 15.0. The molecule has 140 valence electrons. The Kier molecular flexibility index (Phi) is 9.16. The van der Waals surface area contributed by atoms with Crippen LogP contribution in [0.1, 0.15) is 27.2 Å². The van der Waals surface area contributed by atoms with Crippen LogP contribution >= 0.6 is 0 Å². The smallest absolute Gasteiger partial charge is 0.328 e. The van der Waals surface area contributed by atoms with E-state index >= 15 is 0 Å². The Balaban J connectivity index is 3.08. The Bertz CT molecular complexity index is 538. The van der Waals surface area contributed by atoms with Gasteiger partial charge in [-0.05, 0) is 33.7 Å². The summed E-state index contributed by atoms with van der Waals surface area (Å²) in [7, 11) is 0. The lowest BCUT2D eigenvalue weighted by Crippen LogP contribution is -2.35. The lowest BCUT2D eigenvalue weighted by Gasteiger charge is -2.19. The summed E-state index contributed by atoms with van der Waals surface area (Å²) in [5.41, 5.74) is 5.86. The van der Waals surface area contributed by atoms with Crippen LogP contribution in [0.25, 0.3) is 0 Å². The first-order valence-corrected chi connectivity index (χ1v) is 8.40. The summed E-state index contributed by atoms with van der Waals surface area (Å²) in [6.45, 7) is 7.51. The first-order chi connectivity index (χ1) is 12.1. The van der Waals surface area contributed by atoms with Crippen LogP contribution in [0.15, 0.2) is 12.1 Å². The van der Waals surface area contributed by atoms with E-state index in [1.54, 1.807) is 12.1 Å². The number of amides is 3. The maximum Gasteiger partial charge on any atom is 0.328 e. The minimum absolute atomic E-state index is 0.250. The van der Waals surface area contributed by atoms with E-state index in [0.717, 1.165) is 4.90 Å².